The van der Waals surface area contributed by atoms with Gasteiger partial charge >= 0.3 is 0 Å². The first-order valence-corrected chi connectivity index (χ1v) is 10.9. The molecule has 34 heavy (non-hydrogen) atoms. The summed E-state index contributed by atoms with van der Waals surface area (Å²) >= 11 is 12.0. The Balaban J connectivity index is 1.48. The van der Waals surface area contributed by atoms with Crippen LogP contribution < -0.4 is 10.1 Å². The van der Waals surface area contributed by atoms with Crippen molar-refractivity contribution in [2.75, 3.05) is 20.3 Å². The molecule has 0 unspecified atom stereocenters. The Morgan fingerprint density at radius 2 is 2.09 bits per heavy atom. The topological polar surface area (TPSA) is 105 Å². The maximum Gasteiger partial charge on any atom is 0.254 e. The van der Waals surface area contributed by atoms with Crippen LogP contribution in [0.1, 0.15) is 27.5 Å². The zero-order valence-electron chi connectivity index (χ0n) is 17.9. The normalized spacial score (nSPS) is 13.6. The fraction of sp³-hybridized carbons (Fsp3) is 0.217. The Bertz CT molecular complexity index is 1270. The van der Waals surface area contributed by atoms with Crippen molar-refractivity contribution in [3.8, 4) is 17.0 Å². The van der Waals surface area contributed by atoms with E-state index in [0.29, 0.717) is 22.6 Å². The molecule has 3 aromatic rings. The number of nitrogens with one attached hydrogen (secondary N) is 1. The van der Waals surface area contributed by atoms with Crippen LogP contribution >= 0.6 is 23.2 Å². The van der Waals surface area contributed by atoms with Crippen LogP contribution in [0.3, 0.4) is 0 Å². The number of nitrogens with zero attached hydrogens (tertiary/aromatic N) is 3. The van der Waals surface area contributed by atoms with E-state index in [1.54, 1.807) is 18.2 Å². The van der Waals surface area contributed by atoms with Crippen LogP contribution in [0.25, 0.3) is 11.3 Å². The van der Waals surface area contributed by atoms with Gasteiger partial charge in [-0.05, 0) is 41.4 Å². The monoisotopic (exact) mass is 504 g/mol. The highest BCUT2D eigenvalue weighted by Gasteiger charge is 2.30. The largest absolute Gasteiger partial charge is 0.497 e. The van der Waals surface area contributed by atoms with E-state index in [1.165, 1.54) is 36.4 Å². The molecule has 0 aliphatic carbocycles. The lowest BCUT2D eigenvalue weighted by atomic mass is 10.0. The average molecular weight is 505 g/mol. The first kappa shape index (κ1) is 23.9. The number of aliphatic hydroxyl groups excluding tert-OH is 1. The Labute approximate surface area is 204 Å². The molecular weight excluding hydrogens is 486 g/mol. The third-order valence-electron chi connectivity index (χ3n) is 5.41. The Kier molecular flexibility index (Phi) is 6.97. The second-order valence-corrected chi connectivity index (χ2v) is 8.30. The third kappa shape index (κ3) is 4.82. The van der Waals surface area contributed by atoms with Gasteiger partial charge in [0.2, 0.25) is 11.2 Å². The standard InChI is InChI=1S/C23H19Cl2FN4O4/c1-34-14-4-5-18(26)16(7-14)19(11-31)28-20(32)10-30-9-13-3-2-12(6-15(13)22(30)33)21-17(24)8-27-23(25)29-21/h2-8,19,31H,9-11H2,1H3,(H,28,32)/t19-/m1/s1. The van der Waals surface area contributed by atoms with Gasteiger partial charge in [-0.2, -0.15) is 0 Å². The van der Waals surface area contributed by atoms with Crippen molar-refractivity contribution in [2.24, 2.45) is 0 Å². The van der Waals surface area contributed by atoms with Crippen molar-refractivity contribution in [3.05, 3.63) is 75.4 Å². The quantitative estimate of drug-likeness (QED) is 0.477. The number of hydrogen-bond donors (Lipinski definition) is 2. The van der Waals surface area contributed by atoms with Crippen LogP contribution in [-0.4, -0.2) is 52.1 Å². The van der Waals surface area contributed by atoms with E-state index in [-0.39, 0.29) is 34.9 Å². The predicted octanol–water partition coefficient (Wildman–Crippen LogP) is 3.40. The number of aliphatic hydroxyl groups is 1. The summed E-state index contributed by atoms with van der Waals surface area (Å²) in [6.45, 7) is -0.585. The van der Waals surface area contributed by atoms with Crippen LogP contribution in [0, 0.1) is 5.82 Å². The molecule has 2 heterocycles. The molecule has 2 N–H and O–H groups in total. The number of amides is 2. The van der Waals surface area contributed by atoms with E-state index in [2.05, 4.69) is 15.3 Å². The van der Waals surface area contributed by atoms with Crippen LogP contribution in [-0.2, 0) is 11.3 Å². The second-order valence-electron chi connectivity index (χ2n) is 7.56. The van der Waals surface area contributed by atoms with E-state index < -0.39 is 24.4 Å². The molecule has 0 saturated carbocycles. The number of carbonyl (C=O) groups is 2. The van der Waals surface area contributed by atoms with E-state index in [0.717, 1.165) is 5.56 Å². The molecular formula is C23H19Cl2FN4O4. The number of aromatic nitrogens is 2. The minimum absolute atomic E-state index is 0.0235. The van der Waals surface area contributed by atoms with Crippen molar-refractivity contribution >= 4 is 35.0 Å². The molecule has 4 rings (SSSR count). The third-order valence-corrected chi connectivity index (χ3v) is 5.87. The fourth-order valence-electron chi connectivity index (χ4n) is 3.74. The van der Waals surface area contributed by atoms with E-state index in [1.807, 2.05) is 0 Å². The van der Waals surface area contributed by atoms with Crippen molar-refractivity contribution in [1.29, 1.82) is 0 Å². The molecule has 8 nitrogen and oxygen atoms in total. The lowest BCUT2D eigenvalue weighted by Gasteiger charge is -2.21. The molecule has 1 atom stereocenters. The van der Waals surface area contributed by atoms with Crippen LogP contribution in [0.4, 0.5) is 4.39 Å². The summed E-state index contributed by atoms with van der Waals surface area (Å²) in [7, 11) is 1.43. The molecule has 2 amide bonds. The summed E-state index contributed by atoms with van der Waals surface area (Å²) < 4.78 is 19.3. The molecule has 176 valence electrons. The number of fused-ring (bicyclic) bond motifs is 1. The smallest absolute Gasteiger partial charge is 0.254 e. The van der Waals surface area contributed by atoms with Gasteiger partial charge < -0.3 is 20.1 Å². The zero-order valence-corrected chi connectivity index (χ0v) is 19.4. The van der Waals surface area contributed by atoms with Gasteiger partial charge in [0.25, 0.3) is 5.91 Å². The summed E-state index contributed by atoms with van der Waals surface area (Å²) in [6, 6.07) is 8.19. The average Bonchev–Trinajstić information content (AvgIpc) is 3.14. The molecule has 2 aromatic carbocycles. The number of methoxy groups -OCH3 is 1. The number of benzene rings is 2. The number of carbonyl (C=O) groups excluding carboxylic acids is 2. The molecule has 0 spiro atoms. The minimum atomic E-state index is -1.00. The highest BCUT2D eigenvalue weighted by Crippen LogP contribution is 2.31. The summed E-state index contributed by atoms with van der Waals surface area (Å²) in [5, 5.41) is 12.6. The maximum absolute atomic E-state index is 14.3. The lowest BCUT2D eigenvalue weighted by Crippen LogP contribution is -2.40. The van der Waals surface area contributed by atoms with Crippen molar-refractivity contribution in [3.63, 3.8) is 0 Å². The maximum atomic E-state index is 14.3. The molecule has 1 aliphatic rings. The molecule has 11 heteroatoms. The van der Waals surface area contributed by atoms with E-state index >= 15 is 0 Å². The number of hydrogen-bond acceptors (Lipinski definition) is 6. The summed E-state index contributed by atoms with van der Waals surface area (Å²) in [5.74, 6) is -1.11. The van der Waals surface area contributed by atoms with Crippen LogP contribution in [0.15, 0.2) is 42.6 Å². The Morgan fingerprint density at radius 3 is 2.82 bits per heavy atom. The summed E-state index contributed by atoms with van der Waals surface area (Å²) in [5.41, 5.74) is 2.20. The summed E-state index contributed by atoms with van der Waals surface area (Å²) in [4.78, 5) is 34.9. The zero-order chi connectivity index (χ0) is 24.4. The van der Waals surface area contributed by atoms with Gasteiger partial charge in [0.05, 0.1) is 36.7 Å². The summed E-state index contributed by atoms with van der Waals surface area (Å²) in [6.07, 6.45) is 1.38. The van der Waals surface area contributed by atoms with Gasteiger partial charge in [-0.3, -0.25) is 9.59 Å². The fourth-order valence-corrected chi connectivity index (χ4v) is 4.07. The first-order valence-electron chi connectivity index (χ1n) is 10.1. The molecule has 0 bridgehead atoms. The van der Waals surface area contributed by atoms with Crippen molar-refractivity contribution < 1.29 is 23.8 Å². The van der Waals surface area contributed by atoms with Gasteiger partial charge in [0.15, 0.2) is 0 Å². The number of rotatable bonds is 7. The molecule has 0 saturated heterocycles. The molecule has 0 radical (unpaired) electrons. The van der Waals surface area contributed by atoms with Gasteiger partial charge in [-0.15, -0.1) is 0 Å². The highest BCUT2D eigenvalue weighted by molar-refractivity contribution is 6.33. The minimum Gasteiger partial charge on any atom is -0.497 e. The van der Waals surface area contributed by atoms with Crippen LogP contribution in [0.2, 0.25) is 10.3 Å². The number of ether oxygens (including phenoxy) is 1. The second kappa shape index (κ2) is 9.92. The molecule has 1 aliphatic heterocycles. The molecule has 1 aromatic heterocycles. The van der Waals surface area contributed by atoms with Crippen LogP contribution in [0.5, 0.6) is 5.75 Å². The van der Waals surface area contributed by atoms with Gasteiger partial charge in [-0.1, -0.05) is 23.7 Å². The van der Waals surface area contributed by atoms with Crippen molar-refractivity contribution in [1.82, 2.24) is 20.2 Å². The van der Waals surface area contributed by atoms with Crippen molar-refractivity contribution in [2.45, 2.75) is 12.6 Å². The highest BCUT2D eigenvalue weighted by atomic mass is 35.5. The van der Waals surface area contributed by atoms with E-state index in [4.69, 9.17) is 27.9 Å². The lowest BCUT2D eigenvalue weighted by molar-refractivity contribution is -0.122. The Morgan fingerprint density at radius 1 is 1.29 bits per heavy atom. The van der Waals surface area contributed by atoms with Gasteiger partial charge in [0.1, 0.15) is 18.1 Å². The Hall–Kier alpha value is -3.27. The predicted molar refractivity (Wildman–Crippen MR) is 123 cm³/mol. The van der Waals surface area contributed by atoms with Gasteiger partial charge in [0, 0.05) is 23.2 Å². The number of halogens is 3. The van der Waals surface area contributed by atoms with E-state index in [9.17, 15) is 19.1 Å². The molecule has 0 fully saturated rings. The first-order chi connectivity index (χ1) is 16.3. The SMILES string of the molecule is COc1ccc(F)c([C@@H](CO)NC(=O)CN2Cc3ccc(-c4nc(Cl)ncc4Cl)cc3C2=O)c1. The van der Waals surface area contributed by atoms with Gasteiger partial charge in [-0.25, -0.2) is 14.4 Å².